The van der Waals surface area contributed by atoms with E-state index in [0.717, 1.165) is 32.1 Å². The number of benzene rings is 2. The summed E-state index contributed by atoms with van der Waals surface area (Å²) in [6.45, 7) is 11.0. The molecular formula is C29H38N2O4. The minimum absolute atomic E-state index is 0.0169. The molecule has 2 aromatic carbocycles. The number of hydrogen-bond donors (Lipinski definition) is 1. The standard InChI is InChI=1S/C29H38N2O4/c1-6-7-9-14-24(34-27(33)20-12-10-8-11-13-20)35-31-25(26(30)32)21-15-16-22-23(19-21)29(4,5)18-17-28(22,2)3/h8,10-13,15-16,19,24H,6-7,9,14,17-18H2,1-5H3,(H2,30,32). The predicted octanol–water partition coefficient (Wildman–Crippen LogP) is 6.01. The molecule has 2 N–H and O–H groups in total. The van der Waals surface area contributed by atoms with E-state index in [1.807, 2.05) is 18.2 Å². The van der Waals surface area contributed by atoms with Crippen molar-refractivity contribution in [2.75, 3.05) is 0 Å². The second-order valence-electron chi connectivity index (χ2n) is 10.6. The van der Waals surface area contributed by atoms with Crippen LogP contribution in [0, 0.1) is 0 Å². The Balaban J connectivity index is 1.88. The van der Waals surface area contributed by atoms with Gasteiger partial charge < -0.3 is 15.3 Å². The average molecular weight is 479 g/mol. The summed E-state index contributed by atoms with van der Waals surface area (Å²) in [5.74, 6) is -1.19. The first kappa shape index (κ1) is 26.5. The Kier molecular flexibility index (Phi) is 8.36. The summed E-state index contributed by atoms with van der Waals surface area (Å²) in [5.41, 5.74) is 9.24. The molecule has 6 heteroatoms. The van der Waals surface area contributed by atoms with Crippen molar-refractivity contribution < 1.29 is 19.2 Å². The molecule has 0 radical (unpaired) electrons. The van der Waals surface area contributed by atoms with E-state index in [4.69, 9.17) is 15.3 Å². The minimum atomic E-state index is -0.920. The average Bonchev–Trinajstić information content (AvgIpc) is 2.82. The first-order valence-corrected chi connectivity index (χ1v) is 12.5. The van der Waals surface area contributed by atoms with E-state index >= 15 is 0 Å². The molecule has 0 aliphatic heterocycles. The summed E-state index contributed by atoms with van der Waals surface area (Å²) in [4.78, 5) is 30.6. The molecule has 0 aromatic heterocycles. The number of oxime groups is 1. The number of carbonyl (C=O) groups is 2. The van der Waals surface area contributed by atoms with Gasteiger partial charge in [0.05, 0.1) is 5.56 Å². The maximum Gasteiger partial charge on any atom is 0.341 e. The van der Waals surface area contributed by atoms with E-state index in [0.29, 0.717) is 17.5 Å². The molecule has 1 aliphatic carbocycles. The molecule has 0 heterocycles. The fourth-order valence-electron chi connectivity index (χ4n) is 4.54. The predicted molar refractivity (Wildman–Crippen MR) is 138 cm³/mol. The molecule has 188 valence electrons. The molecule has 1 unspecified atom stereocenters. The van der Waals surface area contributed by atoms with E-state index in [-0.39, 0.29) is 16.5 Å². The maximum atomic E-state index is 12.6. The molecule has 2 aromatic rings. The summed E-state index contributed by atoms with van der Waals surface area (Å²) in [6, 6.07) is 14.7. The van der Waals surface area contributed by atoms with E-state index < -0.39 is 18.2 Å². The summed E-state index contributed by atoms with van der Waals surface area (Å²) < 4.78 is 5.58. The van der Waals surface area contributed by atoms with Gasteiger partial charge in [0, 0.05) is 12.0 Å². The molecule has 1 atom stereocenters. The zero-order valence-corrected chi connectivity index (χ0v) is 21.6. The van der Waals surface area contributed by atoms with Crippen LogP contribution in [0.2, 0.25) is 0 Å². The van der Waals surface area contributed by atoms with Crippen LogP contribution in [0.3, 0.4) is 0 Å². The summed E-state index contributed by atoms with van der Waals surface area (Å²) >= 11 is 0. The molecule has 0 saturated heterocycles. The molecular weight excluding hydrogens is 440 g/mol. The van der Waals surface area contributed by atoms with Crippen LogP contribution in [-0.2, 0) is 25.2 Å². The second-order valence-corrected chi connectivity index (χ2v) is 10.6. The van der Waals surface area contributed by atoms with Crippen molar-refractivity contribution in [3.8, 4) is 0 Å². The zero-order chi connectivity index (χ0) is 25.6. The van der Waals surface area contributed by atoms with Gasteiger partial charge in [-0.15, -0.1) is 0 Å². The third-order valence-corrected chi connectivity index (χ3v) is 6.91. The summed E-state index contributed by atoms with van der Waals surface area (Å²) in [5, 5.41) is 4.12. The first-order valence-electron chi connectivity index (χ1n) is 12.5. The number of hydrogen-bond acceptors (Lipinski definition) is 5. The Morgan fingerprint density at radius 3 is 2.23 bits per heavy atom. The Hall–Kier alpha value is -3.15. The smallest absolute Gasteiger partial charge is 0.341 e. The highest BCUT2D eigenvalue weighted by molar-refractivity contribution is 6.44. The number of unbranched alkanes of at least 4 members (excludes halogenated alkanes) is 2. The Morgan fingerprint density at radius 2 is 1.60 bits per heavy atom. The van der Waals surface area contributed by atoms with Gasteiger partial charge in [-0.3, -0.25) is 4.79 Å². The molecule has 0 spiro atoms. The lowest BCUT2D eigenvalue weighted by Gasteiger charge is -2.42. The van der Waals surface area contributed by atoms with Crippen molar-refractivity contribution in [1.82, 2.24) is 0 Å². The zero-order valence-electron chi connectivity index (χ0n) is 21.6. The van der Waals surface area contributed by atoms with Crippen LogP contribution in [0.5, 0.6) is 0 Å². The molecule has 0 saturated carbocycles. The lowest BCUT2D eigenvalue weighted by molar-refractivity contribution is -0.117. The lowest BCUT2D eigenvalue weighted by Crippen LogP contribution is -2.34. The van der Waals surface area contributed by atoms with Gasteiger partial charge >= 0.3 is 5.97 Å². The van der Waals surface area contributed by atoms with Crippen LogP contribution in [-0.4, -0.2) is 23.9 Å². The van der Waals surface area contributed by atoms with Gasteiger partial charge in [-0.1, -0.05) is 82.9 Å². The maximum absolute atomic E-state index is 12.6. The molecule has 6 nitrogen and oxygen atoms in total. The van der Waals surface area contributed by atoms with Gasteiger partial charge in [0.1, 0.15) is 0 Å². The van der Waals surface area contributed by atoms with E-state index in [1.54, 1.807) is 24.3 Å². The number of ether oxygens (including phenoxy) is 1. The molecule has 0 fully saturated rings. The third kappa shape index (κ3) is 6.50. The number of esters is 1. The highest BCUT2D eigenvalue weighted by atomic mass is 16.8. The number of primary amides is 1. The van der Waals surface area contributed by atoms with Gasteiger partial charge in [-0.2, -0.15) is 0 Å². The molecule has 0 bridgehead atoms. The Bertz CT molecular complexity index is 1070. The normalized spacial score (nSPS) is 17.2. The number of carbonyl (C=O) groups excluding carboxylic acids is 2. The molecule has 3 rings (SSSR count). The number of nitrogens with two attached hydrogens (primary N) is 1. The molecule has 1 aliphatic rings. The van der Waals surface area contributed by atoms with Crippen molar-refractivity contribution in [2.45, 2.75) is 90.3 Å². The Morgan fingerprint density at radius 1 is 0.943 bits per heavy atom. The topological polar surface area (TPSA) is 91.0 Å². The molecule has 35 heavy (non-hydrogen) atoms. The van der Waals surface area contributed by atoms with Gasteiger partial charge in [0.2, 0.25) is 0 Å². The Labute approximate surface area is 208 Å². The monoisotopic (exact) mass is 478 g/mol. The SMILES string of the molecule is CCCCCC(ON=C(C(N)=O)c1ccc2c(c1)C(C)(C)CCC2(C)C)OC(=O)c1ccccc1. The van der Waals surface area contributed by atoms with Gasteiger partial charge in [0.25, 0.3) is 12.2 Å². The van der Waals surface area contributed by atoms with Gasteiger partial charge in [0.15, 0.2) is 5.71 Å². The van der Waals surface area contributed by atoms with Crippen LogP contribution in [0.25, 0.3) is 0 Å². The highest BCUT2D eigenvalue weighted by Crippen LogP contribution is 2.45. The van der Waals surface area contributed by atoms with Gasteiger partial charge in [-0.05, 0) is 59.4 Å². The van der Waals surface area contributed by atoms with Crippen molar-refractivity contribution in [1.29, 1.82) is 0 Å². The fourth-order valence-corrected chi connectivity index (χ4v) is 4.54. The van der Waals surface area contributed by atoms with Crippen LogP contribution in [0.4, 0.5) is 0 Å². The van der Waals surface area contributed by atoms with Crippen LogP contribution in [0.15, 0.2) is 53.7 Å². The second kappa shape index (κ2) is 11.1. The minimum Gasteiger partial charge on any atom is -0.419 e. The highest BCUT2D eigenvalue weighted by Gasteiger charge is 2.37. The number of nitrogens with zero attached hydrogens (tertiary/aromatic N) is 1. The number of fused-ring (bicyclic) bond motifs is 1. The summed E-state index contributed by atoms with van der Waals surface area (Å²) in [7, 11) is 0. The third-order valence-electron chi connectivity index (χ3n) is 6.91. The fraction of sp³-hybridized carbons (Fsp3) is 0.483. The van der Waals surface area contributed by atoms with E-state index in [1.165, 1.54) is 11.1 Å². The van der Waals surface area contributed by atoms with Crippen molar-refractivity contribution in [2.24, 2.45) is 10.9 Å². The first-order chi connectivity index (χ1) is 16.5. The van der Waals surface area contributed by atoms with Crippen LogP contribution in [0.1, 0.15) is 100 Å². The summed E-state index contributed by atoms with van der Waals surface area (Å²) in [6.07, 6.45) is 4.46. The van der Waals surface area contributed by atoms with Crippen LogP contribution < -0.4 is 5.73 Å². The van der Waals surface area contributed by atoms with Crippen molar-refractivity contribution in [3.05, 3.63) is 70.8 Å². The lowest BCUT2D eigenvalue weighted by atomic mass is 9.63. The van der Waals surface area contributed by atoms with E-state index in [9.17, 15) is 9.59 Å². The largest absolute Gasteiger partial charge is 0.419 e. The number of rotatable bonds is 10. The van der Waals surface area contributed by atoms with Crippen molar-refractivity contribution >= 4 is 17.6 Å². The van der Waals surface area contributed by atoms with Crippen LogP contribution >= 0.6 is 0 Å². The number of amides is 1. The molecule has 1 amide bonds. The van der Waals surface area contributed by atoms with Gasteiger partial charge in [-0.25, -0.2) is 4.79 Å². The quantitative estimate of drug-likeness (QED) is 0.149. The van der Waals surface area contributed by atoms with Crippen molar-refractivity contribution in [3.63, 3.8) is 0 Å². The van der Waals surface area contributed by atoms with E-state index in [2.05, 4.69) is 45.8 Å².